The van der Waals surface area contributed by atoms with Gasteiger partial charge in [-0.15, -0.1) is 0 Å². The highest BCUT2D eigenvalue weighted by molar-refractivity contribution is 5.92. The van der Waals surface area contributed by atoms with Crippen molar-refractivity contribution in [3.63, 3.8) is 0 Å². The summed E-state index contributed by atoms with van der Waals surface area (Å²) in [4.78, 5) is 56.9. The molecule has 11 atom stereocenters. The molecule has 5 fully saturated rings. The number of hydrogen-bond donors (Lipinski definition) is 1. The molecule has 0 aliphatic heterocycles. The lowest BCUT2D eigenvalue weighted by Crippen LogP contribution is -2.64. The van der Waals surface area contributed by atoms with Gasteiger partial charge in [0.15, 0.2) is 0 Å². The molecule has 8 nitrogen and oxygen atoms in total. The third-order valence-electron chi connectivity index (χ3n) is 14.9. The van der Waals surface area contributed by atoms with Crippen LogP contribution in [0.4, 0.5) is 0 Å². The summed E-state index contributed by atoms with van der Waals surface area (Å²) >= 11 is 0. The van der Waals surface area contributed by atoms with E-state index < -0.39 is 21.7 Å². The first-order valence-corrected chi connectivity index (χ1v) is 18.7. The maximum absolute atomic E-state index is 15.0. The van der Waals surface area contributed by atoms with Crippen LogP contribution < -0.4 is 5.32 Å². The van der Waals surface area contributed by atoms with Crippen molar-refractivity contribution in [3.8, 4) is 0 Å². The number of amides is 1. The number of rotatable bonds is 7. The van der Waals surface area contributed by atoms with Crippen molar-refractivity contribution >= 4 is 23.6 Å². The zero-order chi connectivity index (χ0) is 36.2. The van der Waals surface area contributed by atoms with Crippen molar-refractivity contribution in [1.82, 2.24) is 10.2 Å². The van der Waals surface area contributed by atoms with Gasteiger partial charge in [0.2, 0.25) is 5.91 Å². The third-order valence-corrected chi connectivity index (χ3v) is 14.9. The maximum Gasteiger partial charge on any atom is 0.311 e. The Hall–Kier alpha value is -1.96. The van der Waals surface area contributed by atoms with Crippen molar-refractivity contribution in [2.45, 2.75) is 146 Å². The molecule has 0 aromatic carbocycles. The molecule has 48 heavy (non-hydrogen) atoms. The molecule has 272 valence electrons. The number of carbonyl (C=O) groups excluding carboxylic acids is 4. The van der Waals surface area contributed by atoms with Crippen LogP contribution in [0.1, 0.15) is 128 Å². The van der Waals surface area contributed by atoms with E-state index in [-0.39, 0.29) is 82.6 Å². The Morgan fingerprint density at radius 1 is 0.896 bits per heavy atom. The van der Waals surface area contributed by atoms with Crippen LogP contribution in [0, 0.1) is 61.6 Å². The van der Waals surface area contributed by atoms with E-state index in [9.17, 15) is 14.4 Å². The summed E-state index contributed by atoms with van der Waals surface area (Å²) in [5.74, 6) is 0.193. The van der Waals surface area contributed by atoms with Crippen molar-refractivity contribution in [2.75, 3.05) is 20.7 Å². The van der Waals surface area contributed by atoms with E-state index >= 15 is 4.79 Å². The van der Waals surface area contributed by atoms with Crippen LogP contribution in [-0.4, -0.2) is 67.4 Å². The molecule has 8 heteroatoms. The number of hydrogen-bond acceptors (Lipinski definition) is 7. The second-order valence-corrected chi connectivity index (χ2v) is 20.1. The summed E-state index contributed by atoms with van der Waals surface area (Å²) in [6.07, 6.45) is 5.34. The summed E-state index contributed by atoms with van der Waals surface area (Å²) in [6.45, 7) is 24.6. The van der Waals surface area contributed by atoms with Gasteiger partial charge in [-0.3, -0.25) is 19.2 Å². The van der Waals surface area contributed by atoms with Crippen molar-refractivity contribution in [2.24, 2.45) is 61.6 Å². The van der Waals surface area contributed by atoms with Crippen LogP contribution >= 0.6 is 0 Å². The summed E-state index contributed by atoms with van der Waals surface area (Å²) in [5, 5.41) is 3.37. The van der Waals surface area contributed by atoms with Gasteiger partial charge in [-0.25, -0.2) is 0 Å². The van der Waals surface area contributed by atoms with E-state index in [1.54, 1.807) is 0 Å². The number of fused-ring (bicyclic) bond motifs is 2. The number of nitrogens with zero attached hydrogens (tertiary/aromatic N) is 1. The van der Waals surface area contributed by atoms with Gasteiger partial charge in [0.1, 0.15) is 11.9 Å². The molecule has 5 rings (SSSR count). The predicted molar refractivity (Wildman–Crippen MR) is 187 cm³/mol. The number of carbonyl (C=O) groups is 4. The van der Waals surface area contributed by atoms with Gasteiger partial charge in [-0.2, -0.15) is 0 Å². The average molecular weight is 671 g/mol. The van der Waals surface area contributed by atoms with E-state index in [2.05, 4.69) is 52.0 Å². The highest BCUT2D eigenvalue weighted by atomic mass is 16.5. The molecule has 1 N–H and O–H groups in total. The molecule has 0 saturated heterocycles. The SMILES string of the molecule is CC(C)C(=O)NC1CCC23CC24C(=O)CC2(C)C([C@H](C)N(C)C)[C@H](OC(=O)C(C)(C)C)C[C@@]2(C)C4CC[C@H]3[C@]1(C)COC(=O)C(C)(C)C. The van der Waals surface area contributed by atoms with Gasteiger partial charge in [0.05, 0.1) is 17.4 Å². The molecule has 5 aliphatic rings. The monoisotopic (exact) mass is 670 g/mol. The Labute approximate surface area is 290 Å². The van der Waals surface area contributed by atoms with Crippen LogP contribution in [0.5, 0.6) is 0 Å². The first-order chi connectivity index (χ1) is 21.8. The Morgan fingerprint density at radius 3 is 2.02 bits per heavy atom. The number of ether oxygens (including phenoxy) is 2. The number of Topliss-reactive ketones (excluding diaryl/α,β-unsaturated/α-hetero) is 1. The number of ketones is 1. The van der Waals surface area contributed by atoms with Crippen LogP contribution in [-0.2, 0) is 28.7 Å². The molecular formula is C40H66N2O6. The predicted octanol–water partition coefficient (Wildman–Crippen LogP) is 6.83. The van der Waals surface area contributed by atoms with E-state index in [1.807, 2.05) is 55.4 Å². The lowest BCUT2D eigenvalue weighted by molar-refractivity contribution is -0.180. The lowest BCUT2D eigenvalue weighted by atomic mass is 9.41. The van der Waals surface area contributed by atoms with Gasteiger partial charge in [0.25, 0.3) is 0 Å². The van der Waals surface area contributed by atoms with Crippen LogP contribution in [0.2, 0.25) is 0 Å². The summed E-state index contributed by atoms with van der Waals surface area (Å²) in [6, 6.07) is -0.00993. The quantitative estimate of drug-likeness (QED) is 0.296. The molecule has 5 saturated carbocycles. The minimum Gasteiger partial charge on any atom is -0.465 e. The maximum atomic E-state index is 15.0. The highest BCUT2D eigenvalue weighted by Gasteiger charge is 2.86. The molecule has 6 unspecified atom stereocenters. The zero-order valence-electron chi connectivity index (χ0n) is 32.6. The molecule has 1 amide bonds. The van der Waals surface area contributed by atoms with E-state index in [0.29, 0.717) is 12.2 Å². The van der Waals surface area contributed by atoms with Gasteiger partial charge in [0, 0.05) is 41.2 Å². The van der Waals surface area contributed by atoms with E-state index in [1.165, 1.54) is 0 Å². The van der Waals surface area contributed by atoms with Gasteiger partial charge in [-0.05, 0) is 129 Å². The molecule has 0 bridgehead atoms. The van der Waals surface area contributed by atoms with Gasteiger partial charge >= 0.3 is 11.9 Å². The number of nitrogens with one attached hydrogen (secondary N) is 1. The van der Waals surface area contributed by atoms with Gasteiger partial charge in [-0.1, -0.05) is 34.6 Å². The standard InChI is InChI=1S/C40H66N2O6/c1-23(2)31(44)41-28-17-18-39-21-40(39)27(16-15-26(39)36(28,10)22-47-32(45)34(4,5)6)37(11)19-25(48-33(46)35(7,8)9)30(24(3)42(13)14)38(37,12)20-29(40)43/h23-28,30H,15-22H2,1-14H3,(H,41,44)/t24-,25+,26-,27?,28?,30?,36-,37-,38?,39?,40?/m0/s1. The first kappa shape index (κ1) is 37.3. The van der Waals surface area contributed by atoms with Crippen LogP contribution in [0.3, 0.4) is 0 Å². The normalized spacial score (nSPS) is 42.7. The summed E-state index contributed by atoms with van der Waals surface area (Å²) < 4.78 is 12.6. The van der Waals surface area contributed by atoms with Crippen LogP contribution in [0.25, 0.3) is 0 Å². The fraction of sp³-hybridized carbons (Fsp3) is 0.900. The average Bonchev–Trinajstić information content (AvgIpc) is 3.59. The Kier molecular flexibility index (Phi) is 8.96. The topological polar surface area (TPSA) is 102 Å². The minimum atomic E-state index is -0.633. The second-order valence-electron chi connectivity index (χ2n) is 20.1. The molecule has 2 spiro atoms. The second kappa shape index (κ2) is 11.5. The highest BCUT2D eigenvalue weighted by Crippen LogP contribution is 2.88. The summed E-state index contributed by atoms with van der Waals surface area (Å²) in [7, 11) is 4.17. The Balaban J connectivity index is 1.54. The Morgan fingerprint density at radius 2 is 1.48 bits per heavy atom. The molecule has 0 aromatic rings. The molecule has 0 radical (unpaired) electrons. The van der Waals surface area contributed by atoms with Crippen molar-refractivity contribution < 1.29 is 28.7 Å². The third kappa shape index (κ3) is 5.22. The molecular weight excluding hydrogens is 604 g/mol. The lowest BCUT2D eigenvalue weighted by Gasteiger charge is -2.63. The van der Waals surface area contributed by atoms with E-state index in [4.69, 9.17) is 9.47 Å². The first-order valence-electron chi connectivity index (χ1n) is 18.7. The molecule has 0 heterocycles. The molecule has 5 aliphatic carbocycles. The Bertz CT molecular complexity index is 1340. The van der Waals surface area contributed by atoms with Crippen LogP contribution in [0.15, 0.2) is 0 Å². The fourth-order valence-corrected chi connectivity index (χ4v) is 11.8. The summed E-state index contributed by atoms with van der Waals surface area (Å²) in [5.41, 5.74) is -2.86. The fourth-order valence-electron chi connectivity index (χ4n) is 11.8. The van der Waals surface area contributed by atoms with Crippen molar-refractivity contribution in [1.29, 1.82) is 0 Å². The largest absolute Gasteiger partial charge is 0.465 e. The minimum absolute atomic E-state index is 0.0170. The smallest absolute Gasteiger partial charge is 0.311 e. The molecule has 0 aromatic heterocycles. The van der Waals surface area contributed by atoms with E-state index in [0.717, 1.165) is 38.5 Å². The van der Waals surface area contributed by atoms with Crippen molar-refractivity contribution in [3.05, 3.63) is 0 Å². The van der Waals surface area contributed by atoms with Gasteiger partial charge < -0.3 is 19.7 Å². The zero-order valence-corrected chi connectivity index (χ0v) is 32.6. The number of esters is 2.